The summed E-state index contributed by atoms with van der Waals surface area (Å²) >= 11 is 1.09. The number of thiophene rings is 1. The van der Waals surface area contributed by atoms with Crippen LogP contribution in [0.1, 0.15) is 41.9 Å². The number of esters is 1. The summed E-state index contributed by atoms with van der Waals surface area (Å²) in [5.74, 6) is -0.625. The van der Waals surface area contributed by atoms with Crippen molar-refractivity contribution in [3.63, 3.8) is 0 Å². The van der Waals surface area contributed by atoms with E-state index in [1.165, 1.54) is 7.11 Å². The monoisotopic (exact) mass is 360 g/mol. The highest BCUT2D eigenvalue weighted by Crippen LogP contribution is 2.31. The molecule has 130 valence electrons. The molecule has 1 unspecified atom stereocenters. The zero-order valence-corrected chi connectivity index (χ0v) is 15.6. The Labute approximate surface area is 141 Å². The van der Waals surface area contributed by atoms with Gasteiger partial charge in [0.15, 0.2) is 0 Å². The molecule has 1 aliphatic heterocycles. The van der Waals surface area contributed by atoms with Gasteiger partial charge in [-0.3, -0.25) is 0 Å². The van der Waals surface area contributed by atoms with E-state index in [1.807, 2.05) is 0 Å². The van der Waals surface area contributed by atoms with Gasteiger partial charge in [0.2, 0.25) is 10.0 Å². The van der Waals surface area contributed by atoms with Crippen LogP contribution in [0.25, 0.3) is 0 Å². The van der Waals surface area contributed by atoms with Crippen LogP contribution in [0.4, 0.5) is 0 Å². The first-order valence-electron chi connectivity index (χ1n) is 7.58. The standard InChI is InChI=1S/C15H24N2O4S2/c1-10-9-22-12(14(18)21-4)13(10)23(19,20)17-8-11-15(2,3)6-5-7-16-11/h9,11,16-17H,5-8H2,1-4H3. The fourth-order valence-corrected chi connectivity index (χ4v) is 5.63. The number of sulfonamides is 1. The zero-order valence-electron chi connectivity index (χ0n) is 13.9. The highest BCUT2D eigenvalue weighted by Gasteiger charge is 2.34. The highest BCUT2D eigenvalue weighted by molar-refractivity contribution is 7.89. The van der Waals surface area contributed by atoms with Crippen LogP contribution in [-0.4, -0.2) is 40.6 Å². The van der Waals surface area contributed by atoms with E-state index in [1.54, 1.807) is 12.3 Å². The van der Waals surface area contributed by atoms with Gasteiger partial charge >= 0.3 is 5.97 Å². The number of hydrogen-bond donors (Lipinski definition) is 2. The Morgan fingerprint density at radius 3 is 2.83 bits per heavy atom. The van der Waals surface area contributed by atoms with Crippen LogP contribution < -0.4 is 10.0 Å². The van der Waals surface area contributed by atoms with Crippen LogP contribution in [0, 0.1) is 12.3 Å². The molecule has 1 atom stereocenters. The SMILES string of the molecule is COC(=O)c1scc(C)c1S(=O)(=O)NCC1NCCCC1(C)C. The maximum Gasteiger partial charge on any atom is 0.349 e. The third kappa shape index (κ3) is 3.93. The van der Waals surface area contributed by atoms with Crippen LogP contribution in [0.15, 0.2) is 10.3 Å². The molecule has 2 rings (SSSR count). The van der Waals surface area contributed by atoms with Crippen LogP contribution in [0.3, 0.4) is 0 Å². The summed E-state index contributed by atoms with van der Waals surface area (Å²) in [6.45, 7) is 7.13. The minimum Gasteiger partial charge on any atom is -0.465 e. The number of hydrogen-bond acceptors (Lipinski definition) is 6. The first-order valence-corrected chi connectivity index (χ1v) is 9.95. The fourth-order valence-electron chi connectivity index (χ4n) is 2.89. The summed E-state index contributed by atoms with van der Waals surface area (Å²) in [6, 6.07) is 0.0616. The summed E-state index contributed by atoms with van der Waals surface area (Å²) < 4.78 is 32.7. The Kier molecular flexibility index (Phi) is 5.50. The molecule has 1 aromatic heterocycles. The molecule has 0 aromatic carbocycles. The quantitative estimate of drug-likeness (QED) is 0.784. The molecule has 0 aliphatic carbocycles. The Morgan fingerprint density at radius 1 is 1.52 bits per heavy atom. The van der Waals surface area contributed by atoms with E-state index in [9.17, 15) is 13.2 Å². The van der Waals surface area contributed by atoms with E-state index in [2.05, 4.69) is 28.6 Å². The molecule has 0 amide bonds. The van der Waals surface area contributed by atoms with Gasteiger partial charge < -0.3 is 10.1 Å². The second kappa shape index (κ2) is 6.88. The molecule has 0 saturated carbocycles. The van der Waals surface area contributed by atoms with Crippen LogP contribution in [-0.2, 0) is 14.8 Å². The molecule has 2 heterocycles. The van der Waals surface area contributed by atoms with E-state index < -0.39 is 16.0 Å². The van der Waals surface area contributed by atoms with Crippen molar-refractivity contribution in [2.45, 2.75) is 44.6 Å². The van der Waals surface area contributed by atoms with Crippen LogP contribution >= 0.6 is 11.3 Å². The van der Waals surface area contributed by atoms with Crippen molar-refractivity contribution in [1.29, 1.82) is 0 Å². The summed E-state index contributed by atoms with van der Waals surface area (Å²) in [5, 5.41) is 5.03. The Hall–Kier alpha value is -0.960. The first-order chi connectivity index (χ1) is 10.7. The number of nitrogens with one attached hydrogen (secondary N) is 2. The topological polar surface area (TPSA) is 84.5 Å². The lowest BCUT2D eigenvalue weighted by molar-refractivity contribution is 0.0602. The zero-order chi connectivity index (χ0) is 17.3. The molecule has 23 heavy (non-hydrogen) atoms. The third-order valence-corrected chi connectivity index (χ3v) is 7.18. The van der Waals surface area contributed by atoms with Gasteiger partial charge in [-0.25, -0.2) is 17.9 Å². The molecular weight excluding hydrogens is 336 g/mol. The second-order valence-electron chi connectivity index (χ2n) is 6.52. The van der Waals surface area contributed by atoms with Crippen molar-refractivity contribution >= 4 is 27.3 Å². The van der Waals surface area contributed by atoms with Gasteiger partial charge in [-0.15, -0.1) is 11.3 Å². The molecule has 1 aromatic rings. The van der Waals surface area contributed by atoms with Crippen molar-refractivity contribution in [3.8, 4) is 0 Å². The van der Waals surface area contributed by atoms with Crippen molar-refractivity contribution in [2.75, 3.05) is 20.2 Å². The fraction of sp³-hybridized carbons (Fsp3) is 0.667. The van der Waals surface area contributed by atoms with Crippen LogP contribution in [0.5, 0.6) is 0 Å². The number of aryl methyl sites for hydroxylation is 1. The highest BCUT2D eigenvalue weighted by atomic mass is 32.2. The van der Waals surface area contributed by atoms with Gasteiger partial charge in [-0.2, -0.15) is 0 Å². The lowest BCUT2D eigenvalue weighted by atomic mass is 9.78. The number of rotatable bonds is 5. The maximum absolute atomic E-state index is 12.7. The van der Waals surface area contributed by atoms with E-state index in [0.29, 0.717) is 12.1 Å². The van der Waals surface area contributed by atoms with Gasteiger partial charge in [0.25, 0.3) is 0 Å². The van der Waals surface area contributed by atoms with Crippen molar-refractivity contribution in [2.24, 2.45) is 5.41 Å². The summed E-state index contributed by atoms with van der Waals surface area (Å²) in [6.07, 6.45) is 2.14. The Balaban J connectivity index is 2.20. The molecule has 6 nitrogen and oxygen atoms in total. The number of methoxy groups -OCH3 is 1. The molecular formula is C15H24N2O4S2. The lowest BCUT2D eigenvalue weighted by Gasteiger charge is -2.39. The van der Waals surface area contributed by atoms with Crippen molar-refractivity contribution < 1.29 is 17.9 Å². The van der Waals surface area contributed by atoms with Gasteiger partial charge in [-0.05, 0) is 42.7 Å². The number of carbonyl (C=O) groups excluding carboxylic acids is 1. The lowest BCUT2D eigenvalue weighted by Crippen LogP contribution is -2.52. The van der Waals surface area contributed by atoms with Gasteiger partial charge in [0, 0.05) is 12.6 Å². The smallest absolute Gasteiger partial charge is 0.349 e. The minimum atomic E-state index is -3.76. The van der Waals surface area contributed by atoms with E-state index in [4.69, 9.17) is 0 Å². The molecule has 1 saturated heterocycles. The largest absolute Gasteiger partial charge is 0.465 e. The number of carbonyl (C=O) groups is 1. The average Bonchev–Trinajstić information content (AvgIpc) is 2.87. The minimum absolute atomic E-state index is 0.0235. The molecule has 0 spiro atoms. The molecule has 0 radical (unpaired) electrons. The Morgan fingerprint density at radius 2 is 2.22 bits per heavy atom. The molecule has 8 heteroatoms. The van der Waals surface area contributed by atoms with Gasteiger partial charge in [0.05, 0.1) is 7.11 Å². The predicted molar refractivity (Wildman–Crippen MR) is 90.4 cm³/mol. The van der Waals surface area contributed by atoms with Crippen molar-refractivity contribution in [3.05, 3.63) is 15.8 Å². The molecule has 1 fully saturated rings. The van der Waals surface area contributed by atoms with E-state index in [0.717, 1.165) is 30.7 Å². The predicted octanol–water partition coefficient (Wildman–Crippen LogP) is 1.90. The van der Waals surface area contributed by atoms with Crippen molar-refractivity contribution in [1.82, 2.24) is 10.0 Å². The normalized spacial score (nSPS) is 21.1. The summed E-state index contributed by atoms with van der Waals surface area (Å²) in [5.41, 5.74) is 0.578. The molecule has 1 aliphatic rings. The molecule has 0 bridgehead atoms. The van der Waals surface area contributed by atoms with Gasteiger partial charge in [0.1, 0.15) is 9.77 Å². The number of ether oxygens (including phenoxy) is 1. The second-order valence-corrected chi connectivity index (χ2v) is 9.10. The number of piperidine rings is 1. The molecule has 2 N–H and O–H groups in total. The van der Waals surface area contributed by atoms with E-state index in [-0.39, 0.29) is 21.2 Å². The third-order valence-electron chi connectivity index (χ3n) is 4.37. The van der Waals surface area contributed by atoms with Crippen LogP contribution in [0.2, 0.25) is 0 Å². The summed E-state index contributed by atoms with van der Waals surface area (Å²) in [4.78, 5) is 11.9. The first kappa shape index (κ1) is 18.4. The van der Waals surface area contributed by atoms with Gasteiger partial charge in [-0.1, -0.05) is 13.8 Å². The van der Waals surface area contributed by atoms with E-state index >= 15 is 0 Å². The Bertz CT molecular complexity index is 680. The average molecular weight is 361 g/mol. The maximum atomic E-state index is 12.7. The summed E-state index contributed by atoms with van der Waals surface area (Å²) in [7, 11) is -2.52.